The van der Waals surface area contributed by atoms with Gasteiger partial charge >= 0.3 is 0 Å². The van der Waals surface area contributed by atoms with Crippen LogP contribution in [0.2, 0.25) is 0 Å². The molecule has 0 unspecified atom stereocenters. The van der Waals surface area contributed by atoms with Gasteiger partial charge in [0.2, 0.25) is 10.0 Å². The van der Waals surface area contributed by atoms with Gasteiger partial charge in [0.05, 0.1) is 18.6 Å². The lowest BCUT2D eigenvalue weighted by Crippen LogP contribution is -2.26. The van der Waals surface area contributed by atoms with Gasteiger partial charge in [-0.05, 0) is 68.3 Å². The second kappa shape index (κ2) is 8.02. The molecule has 2 N–H and O–H groups in total. The van der Waals surface area contributed by atoms with Gasteiger partial charge in [-0.2, -0.15) is 0 Å². The zero-order valence-corrected chi connectivity index (χ0v) is 16.5. The molecule has 3 aromatic rings. The van der Waals surface area contributed by atoms with E-state index in [9.17, 15) is 8.42 Å². The lowest BCUT2D eigenvalue weighted by atomic mass is 10.1. The Labute approximate surface area is 159 Å². The highest BCUT2D eigenvalue weighted by Gasteiger charge is 2.15. The van der Waals surface area contributed by atoms with Crippen molar-refractivity contribution >= 4 is 20.9 Å². The van der Waals surface area contributed by atoms with Gasteiger partial charge in [0.15, 0.2) is 0 Å². The lowest BCUT2D eigenvalue weighted by molar-refractivity contribution is 0.340. The van der Waals surface area contributed by atoms with Crippen LogP contribution in [-0.4, -0.2) is 33.7 Å². The van der Waals surface area contributed by atoms with Crippen LogP contribution in [0.1, 0.15) is 18.2 Å². The molecular weight excluding hydrogens is 364 g/mol. The Bertz CT molecular complexity index is 1020. The van der Waals surface area contributed by atoms with E-state index < -0.39 is 10.0 Å². The van der Waals surface area contributed by atoms with Gasteiger partial charge in [-0.25, -0.2) is 13.1 Å². The molecule has 0 atom stereocenters. The fourth-order valence-corrected chi connectivity index (χ4v) is 4.12. The van der Waals surface area contributed by atoms with Crippen LogP contribution in [0.3, 0.4) is 0 Å². The number of aromatic amines is 1. The van der Waals surface area contributed by atoms with Gasteiger partial charge in [-0.1, -0.05) is 0 Å². The van der Waals surface area contributed by atoms with Gasteiger partial charge in [-0.3, -0.25) is 0 Å². The number of fused-ring (bicyclic) bond motifs is 1. The molecule has 2 aromatic carbocycles. The lowest BCUT2D eigenvalue weighted by Gasteiger charge is -2.09. The molecule has 3 rings (SSSR count). The predicted octanol–water partition coefficient (Wildman–Crippen LogP) is 3.40. The summed E-state index contributed by atoms with van der Waals surface area (Å²) in [6.07, 6.45) is 0.579. The molecule has 144 valence electrons. The van der Waals surface area contributed by atoms with E-state index in [4.69, 9.17) is 9.47 Å². The van der Waals surface area contributed by atoms with E-state index in [2.05, 4.69) is 9.71 Å². The number of nitrogens with one attached hydrogen (secondary N) is 2. The highest BCUT2D eigenvalue weighted by Crippen LogP contribution is 2.26. The molecule has 0 radical (unpaired) electrons. The van der Waals surface area contributed by atoms with Crippen LogP contribution in [0.5, 0.6) is 11.5 Å². The summed E-state index contributed by atoms with van der Waals surface area (Å²) < 4.78 is 38.3. The first-order chi connectivity index (χ1) is 12.9. The number of benzene rings is 2. The molecule has 27 heavy (non-hydrogen) atoms. The van der Waals surface area contributed by atoms with Crippen LogP contribution in [-0.2, 0) is 16.4 Å². The van der Waals surface area contributed by atoms with E-state index in [1.54, 1.807) is 31.4 Å². The normalized spacial score (nSPS) is 11.7. The van der Waals surface area contributed by atoms with E-state index in [-0.39, 0.29) is 4.90 Å². The highest BCUT2D eigenvalue weighted by atomic mass is 32.2. The second-order valence-corrected chi connectivity index (χ2v) is 7.96. The predicted molar refractivity (Wildman–Crippen MR) is 106 cm³/mol. The number of hydrogen-bond donors (Lipinski definition) is 2. The van der Waals surface area contributed by atoms with Crippen molar-refractivity contribution in [1.29, 1.82) is 0 Å². The van der Waals surface area contributed by atoms with Crippen LogP contribution in [0.15, 0.2) is 47.4 Å². The van der Waals surface area contributed by atoms with Crippen LogP contribution in [0.25, 0.3) is 10.9 Å². The first-order valence-electron chi connectivity index (χ1n) is 8.82. The Morgan fingerprint density at radius 1 is 1.07 bits per heavy atom. The van der Waals surface area contributed by atoms with E-state index in [0.29, 0.717) is 25.3 Å². The SMILES string of the molecule is CCOc1ccc(S(=O)(=O)NCCc2c(C)[nH]c3ccc(OC)cc23)cc1. The number of rotatable bonds is 8. The van der Waals surface area contributed by atoms with E-state index >= 15 is 0 Å². The highest BCUT2D eigenvalue weighted by molar-refractivity contribution is 7.89. The summed E-state index contributed by atoms with van der Waals surface area (Å²) in [5, 5.41) is 1.05. The monoisotopic (exact) mass is 388 g/mol. The third kappa shape index (κ3) is 4.26. The summed E-state index contributed by atoms with van der Waals surface area (Å²) in [5.74, 6) is 1.43. The maximum atomic E-state index is 12.5. The van der Waals surface area contributed by atoms with Crippen LogP contribution >= 0.6 is 0 Å². The zero-order chi connectivity index (χ0) is 19.4. The maximum Gasteiger partial charge on any atom is 0.240 e. The minimum absolute atomic E-state index is 0.225. The molecule has 0 fully saturated rings. The maximum absolute atomic E-state index is 12.5. The van der Waals surface area contributed by atoms with Gasteiger partial charge in [0.1, 0.15) is 11.5 Å². The summed E-state index contributed by atoms with van der Waals surface area (Å²) in [6.45, 7) is 4.72. The molecule has 0 bridgehead atoms. The standard InChI is InChI=1S/C20H24N2O4S/c1-4-26-15-5-8-17(9-6-15)27(23,24)21-12-11-18-14(2)22-20-10-7-16(25-3)13-19(18)20/h5-10,13,21-22H,4,11-12H2,1-3H3. The quantitative estimate of drug-likeness (QED) is 0.620. The second-order valence-electron chi connectivity index (χ2n) is 6.19. The Kier molecular flexibility index (Phi) is 5.72. The fraction of sp³-hybridized carbons (Fsp3) is 0.300. The van der Waals surface area contributed by atoms with Crippen molar-refractivity contribution in [2.75, 3.05) is 20.3 Å². The topological polar surface area (TPSA) is 80.4 Å². The summed E-state index contributed by atoms with van der Waals surface area (Å²) >= 11 is 0. The van der Waals surface area contributed by atoms with E-state index in [1.807, 2.05) is 32.0 Å². The van der Waals surface area contributed by atoms with Gasteiger partial charge in [0, 0.05) is 23.1 Å². The Balaban J connectivity index is 1.72. The number of sulfonamides is 1. The third-order valence-electron chi connectivity index (χ3n) is 4.44. The van der Waals surface area contributed by atoms with Crippen LogP contribution < -0.4 is 14.2 Å². The molecule has 7 heteroatoms. The first kappa shape index (κ1) is 19.3. The van der Waals surface area contributed by atoms with E-state index in [0.717, 1.165) is 27.9 Å². The van der Waals surface area contributed by atoms with Crippen LogP contribution in [0, 0.1) is 6.92 Å². The molecular formula is C20H24N2O4S. The number of H-pyrrole nitrogens is 1. The van der Waals surface area contributed by atoms with Gasteiger partial charge in [-0.15, -0.1) is 0 Å². The van der Waals surface area contributed by atoms with Crippen LogP contribution in [0.4, 0.5) is 0 Å². The molecule has 0 aliphatic heterocycles. The Hall–Kier alpha value is -2.51. The van der Waals surface area contributed by atoms with Crippen molar-refractivity contribution in [1.82, 2.24) is 9.71 Å². The van der Waals surface area contributed by atoms with Gasteiger partial charge < -0.3 is 14.5 Å². The average molecular weight is 388 g/mol. The van der Waals surface area contributed by atoms with Crippen molar-refractivity contribution in [3.8, 4) is 11.5 Å². The summed E-state index contributed by atoms with van der Waals surface area (Å²) in [4.78, 5) is 3.55. The number of aromatic nitrogens is 1. The molecule has 1 heterocycles. The van der Waals surface area contributed by atoms with Crippen molar-refractivity contribution in [2.45, 2.75) is 25.2 Å². The van der Waals surface area contributed by atoms with Crippen molar-refractivity contribution in [3.05, 3.63) is 53.7 Å². The minimum atomic E-state index is -3.56. The molecule has 6 nitrogen and oxygen atoms in total. The molecule has 1 aromatic heterocycles. The molecule has 0 spiro atoms. The number of ether oxygens (including phenoxy) is 2. The largest absolute Gasteiger partial charge is 0.497 e. The van der Waals surface area contributed by atoms with E-state index in [1.165, 1.54) is 0 Å². The molecule has 0 aliphatic carbocycles. The zero-order valence-electron chi connectivity index (χ0n) is 15.7. The average Bonchev–Trinajstić information content (AvgIpc) is 2.97. The minimum Gasteiger partial charge on any atom is -0.497 e. The fourth-order valence-electron chi connectivity index (χ4n) is 3.09. The summed E-state index contributed by atoms with van der Waals surface area (Å²) in [6, 6.07) is 12.3. The number of methoxy groups -OCH3 is 1. The molecule has 0 saturated heterocycles. The number of aryl methyl sites for hydroxylation is 1. The first-order valence-corrected chi connectivity index (χ1v) is 10.3. The molecule has 0 amide bonds. The third-order valence-corrected chi connectivity index (χ3v) is 5.92. The Morgan fingerprint density at radius 3 is 2.44 bits per heavy atom. The smallest absolute Gasteiger partial charge is 0.240 e. The van der Waals surface area contributed by atoms with Gasteiger partial charge in [0.25, 0.3) is 0 Å². The van der Waals surface area contributed by atoms with Crippen molar-refractivity contribution in [2.24, 2.45) is 0 Å². The summed E-state index contributed by atoms with van der Waals surface area (Å²) in [7, 11) is -1.93. The molecule has 0 aliphatic rings. The van der Waals surface area contributed by atoms with Crippen molar-refractivity contribution in [3.63, 3.8) is 0 Å². The molecule has 0 saturated carbocycles. The summed E-state index contributed by atoms with van der Waals surface area (Å²) in [5.41, 5.74) is 3.12. The Morgan fingerprint density at radius 2 is 1.78 bits per heavy atom. The van der Waals surface area contributed by atoms with Crippen molar-refractivity contribution < 1.29 is 17.9 Å². The number of hydrogen-bond acceptors (Lipinski definition) is 4.